The quantitative estimate of drug-likeness (QED) is 0.463. The lowest BCUT2D eigenvalue weighted by atomic mass is 10.0. The van der Waals surface area contributed by atoms with Crippen molar-refractivity contribution in [3.8, 4) is 0 Å². The van der Waals surface area contributed by atoms with Crippen LogP contribution >= 0.6 is 0 Å². The molecule has 0 spiro atoms. The highest BCUT2D eigenvalue weighted by Crippen LogP contribution is 2.19. The number of nitrogens with zero attached hydrogens (tertiary/aromatic N) is 1. The maximum Gasteiger partial charge on any atom is 0.325 e. The van der Waals surface area contributed by atoms with E-state index in [0.29, 0.717) is 19.4 Å². The van der Waals surface area contributed by atoms with Gasteiger partial charge in [-0.05, 0) is 32.6 Å². The summed E-state index contributed by atoms with van der Waals surface area (Å²) in [6.07, 6.45) is 1.19. The monoisotopic (exact) mass is 356 g/mol. The van der Waals surface area contributed by atoms with Gasteiger partial charge in [-0.3, -0.25) is 19.2 Å². The van der Waals surface area contributed by atoms with E-state index in [0.717, 1.165) is 0 Å². The minimum atomic E-state index is -1.16. The second-order valence-corrected chi connectivity index (χ2v) is 6.76. The SMILES string of the molecule is CC(NC(=O)C(C)NC(=O)C1CCCN1C(=O)C(N)C(C)C)C(=O)O. The van der Waals surface area contributed by atoms with Gasteiger partial charge < -0.3 is 26.4 Å². The first kappa shape index (κ1) is 20.9. The Hall–Kier alpha value is -2.16. The van der Waals surface area contributed by atoms with Crippen LogP contribution in [0.1, 0.15) is 40.5 Å². The van der Waals surface area contributed by atoms with Crippen LogP contribution in [0.15, 0.2) is 0 Å². The molecule has 0 aliphatic carbocycles. The van der Waals surface area contributed by atoms with Crippen molar-refractivity contribution in [2.75, 3.05) is 6.54 Å². The van der Waals surface area contributed by atoms with E-state index in [1.807, 2.05) is 13.8 Å². The molecule has 1 aliphatic heterocycles. The van der Waals surface area contributed by atoms with Gasteiger partial charge in [-0.25, -0.2) is 0 Å². The summed E-state index contributed by atoms with van der Waals surface area (Å²) in [6.45, 7) is 6.92. The number of nitrogens with one attached hydrogen (secondary N) is 2. The van der Waals surface area contributed by atoms with Gasteiger partial charge in [0.15, 0.2) is 0 Å². The van der Waals surface area contributed by atoms with Crippen molar-refractivity contribution in [2.45, 2.75) is 64.7 Å². The molecule has 1 heterocycles. The van der Waals surface area contributed by atoms with E-state index in [4.69, 9.17) is 10.8 Å². The van der Waals surface area contributed by atoms with Gasteiger partial charge in [-0.2, -0.15) is 0 Å². The van der Waals surface area contributed by atoms with Crippen LogP contribution in [0.2, 0.25) is 0 Å². The molecule has 5 N–H and O–H groups in total. The van der Waals surface area contributed by atoms with Crippen molar-refractivity contribution in [2.24, 2.45) is 11.7 Å². The molecule has 0 bridgehead atoms. The molecule has 0 aromatic carbocycles. The summed E-state index contributed by atoms with van der Waals surface area (Å²) in [4.78, 5) is 49.0. The number of carboxylic acid groups (broad SMARTS) is 1. The maximum atomic E-state index is 12.4. The predicted octanol–water partition coefficient (Wildman–Crippen LogP) is -0.945. The normalized spacial score (nSPS) is 20.7. The van der Waals surface area contributed by atoms with Crippen molar-refractivity contribution >= 4 is 23.7 Å². The molecule has 1 rings (SSSR count). The van der Waals surface area contributed by atoms with Gasteiger partial charge in [0.25, 0.3) is 0 Å². The van der Waals surface area contributed by atoms with Crippen molar-refractivity contribution < 1.29 is 24.3 Å². The lowest BCUT2D eigenvalue weighted by Crippen LogP contribution is -2.56. The van der Waals surface area contributed by atoms with Crippen LogP contribution in [0.25, 0.3) is 0 Å². The third kappa shape index (κ3) is 5.42. The van der Waals surface area contributed by atoms with Gasteiger partial charge in [-0.15, -0.1) is 0 Å². The van der Waals surface area contributed by atoms with Crippen molar-refractivity contribution in [1.82, 2.24) is 15.5 Å². The first-order chi connectivity index (χ1) is 11.6. The van der Waals surface area contributed by atoms with Gasteiger partial charge in [0.2, 0.25) is 17.7 Å². The van der Waals surface area contributed by atoms with Gasteiger partial charge in [0, 0.05) is 6.54 Å². The van der Waals surface area contributed by atoms with Crippen LogP contribution in [0.4, 0.5) is 0 Å². The minimum absolute atomic E-state index is 0.0426. The molecule has 0 saturated carbocycles. The zero-order valence-electron chi connectivity index (χ0n) is 15.1. The minimum Gasteiger partial charge on any atom is -0.480 e. The molecule has 0 aromatic heterocycles. The Labute approximate surface area is 147 Å². The average molecular weight is 356 g/mol. The molecule has 1 aliphatic rings. The fourth-order valence-electron chi connectivity index (χ4n) is 2.55. The van der Waals surface area contributed by atoms with E-state index in [9.17, 15) is 19.2 Å². The Morgan fingerprint density at radius 1 is 1.08 bits per heavy atom. The number of nitrogens with two attached hydrogens (primary N) is 1. The first-order valence-electron chi connectivity index (χ1n) is 8.45. The lowest BCUT2D eigenvalue weighted by Gasteiger charge is -2.28. The molecular weight excluding hydrogens is 328 g/mol. The average Bonchev–Trinajstić information content (AvgIpc) is 3.02. The third-order valence-corrected chi connectivity index (χ3v) is 4.32. The van der Waals surface area contributed by atoms with Crippen LogP contribution in [0.5, 0.6) is 0 Å². The number of likely N-dealkylation sites (tertiary alicyclic amines) is 1. The van der Waals surface area contributed by atoms with Crippen molar-refractivity contribution in [3.05, 3.63) is 0 Å². The van der Waals surface area contributed by atoms with E-state index < -0.39 is 42.0 Å². The third-order valence-electron chi connectivity index (χ3n) is 4.32. The molecule has 3 amide bonds. The summed E-state index contributed by atoms with van der Waals surface area (Å²) < 4.78 is 0. The summed E-state index contributed by atoms with van der Waals surface area (Å²) in [5, 5.41) is 13.6. The number of amides is 3. The molecule has 9 heteroatoms. The van der Waals surface area contributed by atoms with Gasteiger partial charge in [0.05, 0.1) is 6.04 Å². The molecule has 1 saturated heterocycles. The molecule has 1 fully saturated rings. The Morgan fingerprint density at radius 3 is 2.20 bits per heavy atom. The Balaban J connectivity index is 2.67. The number of carbonyl (C=O) groups excluding carboxylic acids is 3. The molecule has 25 heavy (non-hydrogen) atoms. The summed E-state index contributed by atoms with van der Waals surface area (Å²) in [5.41, 5.74) is 5.89. The molecule has 0 radical (unpaired) electrons. The van der Waals surface area contributed by atoms with Crippen molar-refractivity contribution in [3.63, 3.8) is 0 Å². The summed E-state index contributed by atoms with van der Waals surface area (Å²) in [5.74, 6) is -2.52. The fourth-order valence-corrected chi connectivity index (χ4v) is 2.55. The first-order valence-corrected chi connectivity index (χ1v) is 8.45. The number of carboxylic acids is 1. The summed E-state index contributed by atoms with van der Waals surface area (Å²) >= 11 is 0. The van der Waals surface area contributed by atoms with Crippen LogP contribution < -0.4 is 16.4 Å². The van der Waals surface area contributed by atoms with E-state index >= 15 is 0 Å². The number of hydrogen-bond donors (Lipinski definition) is 4. The molecule has 9 nitrogen and oxygen atoms in total. The summed E-state index contributed by atoms with van der Waals surface area (Å²) in [7, 11) is 0. The second kappa shape index (κ2) is 8.80. The van der Waals surface area contributed by atoms with E-state index in [-0.39, 0.29) is 11.8 Å². The van der Waals surface area contributed by atoms with Crippen molar-refractivity contribution in [1.29, 1.82) is 0 Å². The molecule has 4 atom stereocenters. The van der Waals surface area contributed by atoms with Gasteiger partial charge in [0.1, 0.15) is 18.1 Å². The highest BCUT2D eigenvalue weighted by atomic mass is 16.4. The molecular formula is C16H28N4O5. The van der Waals surface area contributed by atoms with E-state index in [1.165, 1.54) is 18.7 Å². The Kier molecular flexibility index (Phi) is 7.35. The topological polar surface area (TPSA) is 142 Å². The fraction of sp³-hybridized carbons (Fsp3) is 0.750. The summed E-state index contributed by atoms with van der Waals surface area (Å²) in [6, 6.07) is -3.30. The number of rotatable bonds is 7. The standard InChI is InChI=1S/C16H28N4O5/c1-8(2)12(17)15(23)20-7-5-6-11(20)14(22)18-9(3)13(21)19-10(4)16(24)25/h8-12H,5-7,17H2,1-4H3,(H,18,22)(H,19,21)(H,24,25). The smallest absolute Gasteiger partial charge is 0.325 e. The Morgan fingerprint density at radius 2 is 1.68 bits per heavy atom. The number of hydrogen-bond acceptors (Lipinski definition) is 5. The zero-order chi connectivity index (χ0) is 19.3. The van der Waals surface area contributed by atoms with Crippen LogP contribution in [0, 0.1) is 5.92 Å². The van der Waals surface area contributed by atoms with Crippen LogP contribution in [0.3, 0.4) is 0 Å². The highest BCUT2D eigenvalue weighted by molar-refractivity contribution is 5.94. The lowest BCUT2D eigenvalue weighted by molar-refractivity contribution is -0.142. The van der Waals surface area contributed by atoms with E-state index in [1.54, 1.807) is 0 Å². The van der Waals surface area contributed by atoms with E-state index in [2.05, 4.69) is 10.6 Å². The number of carbonyl (C=O) groups is 4. The number of aliphatic carboxylic acids is 1. The predicted molar refractivity (Wildman–Crippen MR) is 90.4 cm³/mol. The maximum absolute atomic E-state index is 12.4. The Bertz CT molecular complexity index is 537. The van der Waals surface area contributed by atoms with Crippen LogP contribution in [-0.2, 0) is 19.2 Å². The molecule has 4 unspecified atom stereocenters. The molecule has 142 valence electrons. The highest BCUT2D eigenvalue weighted by Gasteiger charge is 2.37. The van der Waals surface area contributed by atoms with Gasteiger partial charge in [-0.1, -0.05) is 13.8 Å². The van der Waals surface area contributed by atoms with Gasteiger partial charge >= 0.3 is 5.97 Å². The second-order valence-electron chi connectivity index (χ2n) is 6.76. The zero-order valence-corrected chi connectivity index (χ0v) is 15.1. The molecule has 0 aromatic rings. The van der Waals surface area contributed by atoms with Crippen LogP contribution in [-0.4, -0.2) is 64.4 Å². The largest absolute Gasteiger partial charge is 0.480 e.